The van der Waals surface area contributed by atoms with E-state index in [1.165, 1.54) is 20.3 Å². The summed E-state index contributed by atoms with van der Waals surface area (Å²) in [6, 6.07) is 4.64. The zero-order valence-electron chi connectivity index (χ0n) is 8.29. The van der Waals surface area contributed by atoms with E-state index in [4.69, 9.17) is 15.2 Å². The van der Waals surface area contributed by atoms with Gasteiger partial charge in [0.1, 0.15) is 6.23 Å². The smallest absolute Gasteiger partial charge is 0.165 e. The number of hydrogen-bond donors (Lipinski definition) is 1. The molecule has 2 N–H and O–H groups in total. The van der Waals surface area contributed by atoms with Crippen molar-refractivity contribution in [2.75, 3.05) is 14.2 Å². The molecule has 4 heteroatoms. The van der Waals surface area contributed by atoms with Gasteiger partial charge in [0.15, 0.2) is 11.6 Å². The number of methoxy groups -OCH3 is 2. The van der Waals surface area contributed by atoms with Crippen molar-refractivity contribution in [2.24, 2.45) is 5.73 Å². The third-order valence-electron chi connectivity index (χ3n) is 1.96. The zero-order chi connectivity index (χ0) is 10.6. The Morgan fingerprint density at radius 3 is 2.71 bits per heavy atom. The second-order valence-corrected chi connectivity index (χ2v) is 2.95. The van der Waals surface area contributed by atoms with Crippen LogP contribution in [0.15, 0.2) is 18.2 Å². The Bertz CT molecular complexity index is 304. The normalized spacial score (nSPS) is 12.6. The summed E-state index contributed by atoms with van der Waals surface area (Å²) < 4.78 is 22.7. The number of halogens is 1. The Morgan fingerprint density at radius 2 is 2.14 bits per heavy atom. The summed E-state index contributed by atoms with van der Waals surface area (Å²) in [5, 5.41) is 0. The third kappa shape index (κ3) is 2.68. The van der Waals surface area contributed by atoms with Gasteiger partial charge in [-0.1, -0.05) is 6.07 Å². The van der Waals surface area contributed by atoms with Crippen LogP contribution < -0.4 is 10.5 Å². The minimum Gasteiger partial charge on any atom is -0.494 e. The van der Waals surface area contributed by atoms with Gasteiger partial charge in [0.05, 0.1) is 7.11 Å². The van der Waals surface area contributed by atoms with E-state index in [0.717, 1.165) is 5.56 Å². The molecule has 78 valence electrons. The average Bonchev–Trinajstić information content (AvgIpc) is 2.20. The van der Waals surface area contributed by atoms with Crippen LogP contribution in [0.1, 0.15) is 5.56 Å². The fourth-order valence-electron chi connectivity index (χ4n) is 1.15. The highest BCUT2D eigenvalue weighted by molar-refractivity contribution is 5.30. The van der Waals surface area contributed by atoms with Crippen molar-refractivity contribution in [3.8, 4) is 5.75 Å². The van der Waals surface area contributed by atoms with Crippen molar-refractivity contribution in [3.63, 3.8) is 0 Å². The van der Waals surface area contributed by atoms with Crippen LogP contribution in [0.3, 0.4) is 0 Å². The summed E-state index contributed by atoms with van der Waals surface area (Å²) >= 11 is 0. The van der Waals surface area contributed by atoms with E-state index in [2.05, 4.69) is 0 Å². The quantitative estimate of drug-likeness (QED) is 0.743. The Balaban J connectivity index is 2.79. The monoisotopic (exact) mass is 199 g/mol. The molecule has 0 radical (unpaired) electrons. The summed E-state index contributed by atoms with van der Waals surface area (Å²) in [6.45, 7) is 0. The van der Waals surface area contributed by atoms with Gasteiger partial charge in [-0.2, -0.15) is 0 Å². The molecule has 0 spiro atoms. The maximum Gasteiger partial charge on any atom is 0.165 e. The molecule has 0 heterocycles. The molecular weight excluding hydrogens is 185 g/mol. The fraction of sp³-hybridized carbons (Fsp3) is 0.400. The predicted molar refractivity (Wildman–Crippen MR) is 51.6 cm³/mol. The fourth-order valence-corrected chi connectivity index (χ4v) is 1.15. The minimum atomic E-state index is -0.373. The van der Waals surface area contributed by atoms with Gasteiger partial charge < -0.3 is 15.2 Å². The second-order valence-electron chi connectivity index (χ2n) is 2.95. The van der Waals surface area contributed by atoms with Crippen LogP contribution in [0.25, 0.3) is 0 Å². The molecule has 1 unspecified atom stereocenters. The Morgan fingerprint density at radius 1 is 1.43 bits per heavy atom. The zero-order valence-corrected chi connectivity index (χ0v) is 8.29. The Kier molecular flexibility index (Phi) is 3.85. The largest absolute Gasteiger partial charge is 0.494 e. The molecule has 1 aromatic rings. The molecule has 0 fully saturated rings. The molecule has 1 aromatic carbocycles. The van der Waals surface area contributed by atoms with Crippen molar-refractivity contribution in [3.05, 3.63) is 29.6 Å². The van der Waals surface area contributed by atoms with E-state index in [9.17, 15) is 4.39 Å². The van der Waals surface area contributed by atoms with Crippen LogP contribution >= 0.6 is 0 Å². The first-order chi connectivity index (χ1) is 6.67. The number of nitrogens with two attached hydrogens (primary N) is 1. The number of hydrogen-bond acceptors (Lipinski definition) is 3. The van der Waals surface area contributed by atoms with Gasteiger partial charge in [-0.3, -0.25) is 0 Å². The standard InChI is InChI=1S/C10H14FNO2/c1-13-9-5-7(3-4-8(9)11)6-10(12)14-2/h3-5,10H,6,12H2,1-2H3. The van der Waals surface area contributed by atoms with Gasteiger partial charge in [-0.05, 0) is 17.7 Å². The lowest BCUT2D eigenvalue weighted by molar-refractivity contribution is 0.109. The molecule has 1 atom stereocenters. The molecular formula is C10H14FNO2. The maximum absolute atomic E-state index is 13.0. The molecule has 0 bridgehead atoms. The van der Waals surface area contributed by atoms with Crippen molar-refractivity contribution >= 4 is 0 Å². The van der Waals surface area contributed by atoms with E-state index < -0.39 is 0 Å². The highest BCUT2D eigenvalue weighted by Gasteiger charge is 2.06. The molecule has 0 amide bonds. The lowest BCUT2D eigenvalue weighted by atomic mass is 10.1. The molecule has 3 nitrogen and oxygen atoms in total. The summed E-state index contributed by atoms with van der Waals surface area (Å²) in [6.07, 6.45) is 0.165. The third-order valence-corrected chi connectivity index (χ3v) is 1.96. The summed E-state index contributed by atoms with van der Waals surface area (Å²) in [4.78, 5) is 0. The number of rotatable bonds is 4. The SMILES string of the molecule is COc1cc(CC(N)OC)ccc1F. The van der Waals surface area contributed by atoms with Crippen molar-refractivity contribution < 1.29 is 13.9 Å². The average molecular weight is 199 g/mol. The van der Waals surface area contributed by atoms with E-state index in [1.807, 2.05) is 0 Å². The van der Waals surface area contributed by atoms with Gasteiger partial charge in [0.25, 0.3) is 0 Å². The van der Waals surface area contributed by atoms with Crippen LogP contribution in [-0.2, 0) is 11.2 Å². The van der Waals surface area contributed by atoms with Gasteiger partial charge in [-0.25, -0.2) is 4.39 Å². The van der Waals surface area contributed by atoms with E-state index in [0.29, 0.717) is 6.42 Å². The first-order valence-corrected chi connectivity index (χ1v) is 4.28. The lowest BCUT2D eigenvalue weighted by Gasteiger charge is -2.10. The molecule has 0 saturated carbocycles. The minimum absolute atomic E-state index is 0.228. The van der Waals surface area contributed by atoms with Crippen LogP contribution in [-0.4, -0.2) is 20.4 Å². The number of benzene rings is 1. The van der Waals surface area contributed by atoms with Crippen LogP contribution in [0.5, 0.6) is 5.75 Å². The van der Waals surface area contributed by atoms with Crippen LogP contribution in [0, 0.1) is 5.82 Å². The van der Waals surface area contributed by atoms with Crippen molar-refractivity contribution in [2.45, 2.75) is 12.6 Å². The molecule has 0 aliphatic carbocycles. The van der Waals surface area contributed by atoms with Gasteiger partial charge in [0.2, 0.25) is 0 Å². The Hall–Kier alpha value is -1.13. The van der Waals surface area contributed by atoms with Crippen molar-refractivity contribution in [1.82, 2.24) is 0 Å². The summed E-state index contributed by atoms with van der Waals surface area (Å²) in [5.41, 5.74) is 6.46. The summed E-state index contributed by atoms with van der Waals surface area (Å²) in [5.74, 6) is -0.145. The summed E-state index contributed by atoms with van der Waals surface area (Å²) in [7, 11) is 2.96. The molecule has 1 rings (SSSR count). The highest BCUT2D eigenvalue weighted by atomic mass is 19.1. The Labute approximate surface area is 82.6 Å². The number of ether oxygens (including phenoxy) is 2. The topological polar surface area (TPSA) is 44.5 Å². The van der Waals surface area contributed by atoms with Gasteiger partial charge in [-0.15, -0.1) is 0 Å². The second kappa shape index (κ2) is 4.93. The first-order valence-electron chi connectivity index (χ1n) is 4.28. The van der Waals surface area contributed by atoms with Crippen molar-refractivity contribution in [1.29, 1.82) is 0 Å². The first kappa shape index (κ1) is 10.9. The van der Waals surface area contributed by atoms with E-state index in [1.54, 1.807) is 12.1 Å². The molecule has 0 aliphatic rings. The van der Waals surface area contributed by atoms with Crippen LogP contribution in [0.2, 0.25) is 0 Å². The maximum atomic E-state index is 13.0. The molecule has 14 heavy (non-hydrogen) atoms. The van der Waals surface area contributed by atoms with E-state index >= 15 is 0 Å². The van der Waals surface area contributed by atoms with Gasteiger partial charge >= 0.3 is 0 Å². The predicted octanol–water partition coefficient (Wildman–Crippen LogP) is 1.31. The molecule has 0 aliphatic heterocycles. The highest BCUT2D eigenvalue weighted by Crippen LogP contribution is 2.18. The van der Waals surface area contributed by atoms with E-state index in [-0.39, 0.29) is 17.8 Å². The molecule has 0 saturated heterocycles. The lowest BCUT2D eigenvalue weighted by Crippen LogP contribution is -2.24. The molecule has 0 aromatic heterocycles. The van der Waals surface area contributed by atoms with Crippen LogP contribution in [0.4, 0.5) is 4.39 Å². The van der Waals surface area contributed by atoms with Gasteiger partial charge in [0, 0.05) is 13.5 Å².